The molecule has 4 atom stereocenters. The molecule has 2 fully saturated rings. The first-order valence-electron chi connectivity index (χ1n) is 5.28. The Morgan fingerprint density at radius 3 is 2.59 bits per heavy atom. The van der Waals surface area contributed by atoms with E-state index in [0.29, 0.717) is 0 Å². The van der Waals surface area contributed by atoms with Gasteiger partial charge in [0.25, 0.3) is 0 Å². The second kappa shape index (κ2) is 5.11. The van der Waals surface area contributed by atoms with Crippen molar-refractivity contribution < 1.29 is 19.3 Å². The second-order valence-electron chi connectivity index (χ2n) is 4.40. The topological polar surface area (TPSA) is 47.9 Å². The van der Waals surface area contributed by atoms with Crippen molar-refractivity contribution in [2.75, 3.05) is 0 Å². The van der Waals surface area contributed by atoms with Gasteiger partial charge in [-0.25, -0.2) is 0 Å². The van der Waals surface area contributed by atoms with Crippen molar-refractivity contribution in [1.29, 1.82) is 0 Å². The number of fused-ring (bicyclic) bond motifs is 1. The van der Waals surface area contributed by atoms with Gasteiger partial charge in [0.2, 0.25) is 0 Å². The Bertz CT molecular complexity index is 349. The van der Waals surface area contributed by atoms with E-state index >= 15 is 0 Å². The lowest BCUT2D eigenvalue weighted by Gasteiger charge is -2.21. The molecule has 6 heteroatoms. The highest BCUT2D eigenvalue weighted by molar-refractivity contribution is 9.28. The van der Waals surface area contributed by atoms with Gasteiger partial charge in [-0.1, -0.05) is 12.2 Å². The van der Waals surface area contributed by atoms with Gasteiger partial charge in [-0.15, -0.1) is 0 Å². The van der Waals surface area contributed by atoms with E-state index in [0.717, 1.165) is 3.39 Å². The Balaban J connectivity index is 1.99. The molecule has 2 saturated heterocycles. The molecule has 4 nitrogen and oxygen atoms in total. The predicted molar refractivity (Wildman–Crippen MR) is 69.8 cm³/mol. The summed E-state index contributed by atoms with van der Waals surface area (Å²) in [7, 11) is 0. The van der Waals surface area contributed by atoms with Crippen LogP contribution in [-0.4, -0.2) is 35.5 Å². The van der Waals surface area contributed by atoms with Gasteiger partial charge in [0, 0.05) is 0 Å². The Labute approximate surface area is 117 Å². The van der Waals surface area contributed by atoms with Crippen LogP contribution in [-0.2, 0) is 14.2 Å². The summed E-state index contributed by atoms with van der Waals surface area (Å²) in [6.45, 7) is 3.61. The summed E-state index contributed by atoms with van der Waals surface area (Å²) in [5, 5.41) is 10.0. The van der Waals surface area contributed by atoms with Gasteiger partial charge in [0.1, 0.15) is 18.3 Å². The van der Waals surface area contributed by atoms with Crippen molar-refractivity contribution in [3.8, 4) is 0 Å². The smallest absolute Gasteiger partial charge is 0.190 e. The normalized spacial score (nSPS) is 39.6. The zero-order chi connectivity index (χ0) is 12.6. The van der Waals surface area contributed by atoms with Gasteiger partial charge in [-0.3, -0.25) is 0 Å². The maximum absolute atomic E-state index is 10.0. The van der Waals surface area contributed by atoms with Crippen LogP contribution in [0.15, 0.2) is 21.6 Å². The summed E-state index contributed by atoms with van der Waals surface area (Å²) < 4.78 is 17.5. The predicted octanol–water partition coefficient (Wildman–Crippen LogP) is 2.41. The minimum atomic E-state index is -0.708. The van der Waals surface area contributed by atoms with Gasteiger partial charge in [-0.2, -0.15) is 0 Å². The number of aliphatic hydroxyl groups is 1. The van der Waals surface area contributed by atoms with Crippen molar-refractivity contribution in [3.63, 3.8) is 0 Å². The van der Waals surface area contributed by atoms with Crippen molar-refractivity contribution in [3.05, 3.63) is 21.6 Å². The molecule has 0 aromatic rings. The number of hydrogen-bond donors (Lipinski definition) is 1. The molecule has 2 aliphatic heterocycles. The van der Waals surface area contributed by atoms with E-state index < -0.39 is 30.4 Å². The Kier molecular flexibility index (Phi) is 4.12. The van der Waals surface area contributed by atoms with Crippen LogP contribution in [0.5, 0.6) is 0 Å². The van der Waals surface area contributed by atoms with E-state index in [1.54, 1.807) is 32.1 Å². The maximum Gasteiger partial charge on any atom is 0.190 e. The van der Waals surface area contributed by atoms with E-state index in [4.69, 9.17) is 14.2 Å². The molecule has 0 aliphatic carbocycles. The van der Waals surface area contributed by atoms with E-state index in [9.17, 15) is 5.11 Å². The Hall–Kier alpha value is 0.280. The molecule has 0 spiro atoms. The minimum Gasteiger partial charge on any atom is -0.387 e. The molecule has 96 valence electrons. The quantitative estimate of drug-likeness (QED) is 0.759. The number of ether oxygens (including phenoxy) is 3. The first-order chi connectivity index (χ1) is 7.89. The van der Waals surface area contributed by atoms with E-state index in [2.05, 4.69) is 31.9 Å². The molecule has 0 aromatic carbocycles. The molecule has 1 N–H and O–H groups in total. The van der Waals surface area contributed by atoms with Gasteiger partial charge in [0.15, 0.2) is 12.1 Å². The van der Waals surface area contributed by atoms with Crippen molar-refractivity contribution >= 4 is 31.9 Å². The molecule has 0 aromatic heterocycles. The molecule has 2 aliphatic rings. The monoisotopic (exact) mass is 368 g/mol. The third kappa shape index (κ3) is 3.19. The van der Waals surface area contributed by atoms with E-state index in [1.165, 1.54) is 0 Å². The van der Waals surface area contributed by atoms with Gasteiger partial charge in [-0.05, 0) is 51.8 Å². The maximum atomic E-state index is 10.0. The van der Waals surface area contributed by atoms with Crippen LogP contribution in [0, 0.1) is 0 Å². The molecule has 0 saturated carbocycles. The molecule has 0 amide bonds. The fourth-order valence-corrected chi connectivity index (χ4v) is 2.22. The third-order valence-electron chi connectivity index (χ3n) is 2.58. The first-order valence-corrected chi connectivity index (χ1v) is 6.86. The van der Waals surface area contributed by atoms with Crippen LogP contribution in [0.2, 0.25) is 0 Å². The van der Waals surface area contributed by atoms with Crippen LogP contribution in [0.25, 0.3) is 0 Å². The number of hydrogen-bond acceptors (Lipinski definition) is 4. The lowest BCUT2D eigenvalue weighted by Crippen LogP contribution is -2.33. The lowest BCUT2D eigenvalue weighted by atomic mass is 10.1. The standard InChI is InChI=1S/C11H14Br2O4/c1-11(2)16-9-8(14)6(15-10(9)17-11)4-3-5-7(12)13/h3-6,8-10,14H,1-2H3/b4-3+/t6-,8-,9-,10-/m1/s1. The molecule has 0 unspecified atom stereocenters. The molecule has 0 radical (unpaired) electrons. The van der Waals surface area contributed by atoms with Crippen LogP contribution in [0.4, 0.5) is 0 Å². The first kappa shape index (κ1) is 13.7. The highest BCUT2D eigenvalue weighted by Crippen LogP contribution is 2.37. The van der Waals surface area contributed by atoms with Crippen LogP contribution in [0.1, 0.15) is 13.8 Å². The largest absolute Gasteiger partial charge is 0.387 e. The van der Waals surface area contributed by atoms with E-state index in [-0.39, 0.29) is 0 Å². The number of rotatable bonds is 2. The summed E-state index contributed by atoms with van der Waals surface area (Å²) >= 11 is 6.47. The number of halogens is 2. The fourth-order valence-electron chi connectivity index (χ4n) is 1.91. The third-order valence-corrected chi connectivity index (χ3v) is 3.10. The average Bonchev–Trinajstić information content (AvgIpc) is 2.62. The lowest BCUT2D eigenvalue weighted by molar-refractivity contribution is -0.209. The van der Waals surface area contributed by atoms with Gasteiger partial charge in [0.05, 0.1) is 3.39 Å². The highest BCUT2D eigenvalue weighted by Gasteiger charge is 2.53. The summed E-state index contributed by atoms with van der Waals surface area (Å²) in [5.74, 6) is -0.691. The van der Waals surface area contributed by atoms with Crippen molar-refractivity contribution in [1.82, 2.24) is 0 Å². The number of aliphatic hydroxyl groups excluding tert-OH is 1. The second-order valence-corrected chi connectivity index (χ2v) is 7.17. The summed E-state index contributed by atoms with van der Waals surface area (Å²) in [5.41, 5.74) is 0. The molecule has 2 rings (SSSR count). The summed E-state index contributed by atoms with van der Waals surface area (Å²) in [6.07, 6.45) is 3.33. The van der Waals surface area contributed by atoms with Crippen LogP contribution >= 0.6 is 31.9 Å². The van der Waals surface area contributed by atoms with Crippen molar-refractivity contribution in [2.24, 2.45) is 0 Å². The SMILES string of the molecule is CC1(C)O[C@H]2O[C@H](/C=C/C=C(Br)Br)[C@@H](O)[C@H]2O1. The zero-order valence-electron chi connectivity index (χ0n) is 9.47. The van der Waals surface area contributed by atoms with Crippen molar-refractivity contribution in [2.45, 2.75) is 44.2 Å². The van der Waals surface area contributed by atoms with Crippen LogP contribution in [0.3, 0.4) is 0 Å². The highest BCUT2D eigenvalue weighted by atomic mass is 79.9. The fraction of sp³-hybridized carbons (Fsp3) is 0.636. The zero-order valence-corrected chi connectivity index (χ0v) is 12.6. The molecule has 0 bridgehead atoms. The van der Waals surface area contributed by atoms with Gasteiger partial charge < -0.3 is 19.3 Å². The number of allylic oxidation sites excluding steroid dienone is 2. The Morgan fingerprint density at radius 1 is 1.29 bits per heavy atom. The molecular formula is C11H14Br2O4. The molecular weight excluding hydrogens is 356 g/mol. The Morgan fingerprint density at radius 2 is 2.00 bits per heavy atom. The van der Waals surface area contributed by atoms with Crippen LogP contribution < -0.4 is 0 Å². The minimum absolute atomic E-state index is 0.406. The average molecular weight is 370 g/mol. The summed E-state index contributed by atoms with van der Waals surface area (Å²) in [4.78, 5) is 0. The van der Waals surface area contributed by atoms with E-state index in [1.807, 2.05) is 0 Å². The summed E-state index contributed by atoms with van der Waals surface area (Å²) in [6, 6.07) is 0. The molecule has 2 heterocycles. The molecule has 17 heavy (non-hydrogen) atoms. The van der Waals surface area contributed by atoms with Gasteiger partial charge >= 0.3 is 0 Å².